The van der Waals surface area contributed by atoms with Crippen LogP contribution in [0.4, 0.5) is 5.69 Å². The first-order valence-corrected chi connectivity index (χ1v) is 5.76. The minimum absolute atomic E-state index is 0.0603. The van der Waals surface area contributed by atoms with Gasteiger partial charge >= 0.3 is 11.7 Å². The van der Waals surface area contributed by atoms with Gasteiger partial charge in [0.1, 0.15) is 0 Å². The van der Waals surface area contributed by atoms with Gasteiger partial charge in [-0.05, 0) is 34.5 Å². The van der Waals surface area contributed by atoms with Crippen LogP contribution in [0, 0.1) is 17.0 Å². The summed E-state index contributed by atoms with van der Waals surface area (Å²) >= 11 is 3.19. The fourth-order valence-electron chi connectivity index (χ4n) is 1.31. The molecule has 0 saturated carbocycles. The van der Waals surface area contributed by atoms with Gasteiger partial charge in [0, 0.05) is 18.5 Å². The molecule has 0 fully saturated rings. The number of ether oxygens (including phenoxy) is 1. The van der Waals surface area contributed by atoms with E-state index in [9.17, 15) is 10.1 Å². The van der Waals surface area contributed by atoms with E-state index in [1.54, 1.807) is 13.0 Å². The number of nitrogens with zero attached hydrogens (tertiary/aromatic N) is 3. The molecule has 2 aromatic rings. The number of halogens is 1. The maximum atomic E-state index is 10.9. The van der Waals surface area contributed by atoms with Crippen LogP contribution in [-0.4, -0.2) is 14.9 Å². The lowest BCUT2D eigenvalue weighted by Gasteiger charge is -2.04. The fraction of sp³-hybridized carbons (Fsp3) is 0.0909. The zero-order valence-electron chi connectivity index (χ0n) is 9.33. The van der Waals surface area contributed by atoms with Crippen molar-refractivity contribution in [1.29, 1.82) is 0 Å². The minimum Gasteiger partial charge on any atom is -0.417 e. The maximum Gasteiger partial charge on any atom is 0.322 e. The lowest BCUT2D eigenvalue weighted by Crippen LogP contribution is -1.96. The topological polar surface area (TPSA) is 78.2 Å². The summed E-state index contributed by atoms with van der Waals surface area (Å²) in [7, 11) is 0. The van der Waals surface area contributed by atoms with Crippen LogP contribution >= 0.6 is 15.9 Å². The molecule has 2 rings (SSSR count). The summed E-state index contributed by atoms with van der Waals surface area (Å²) in [5, 5.41) is 10.9. The Balaban J connectivity index is 2.34. The van der Waals surface area contributed by atoms with E-state index in [-0.39, 0.29) is 17.4 Å². The van der Waals surface area contributed by atoms with Crippen molar-refractivity contribution in [1.82, 2.24) is 9.97 Å². The first-order valence-electron chi connectivity index (χ1n) is 4.96. The highest BCUT2D eigenvalue weighted by molar-refractivity contribution is 9.10. The van der Waals surface area contributed by atoms with Crippen LogP contribution in [0.2, 0.25) is 0 Å². The van der Waals surface area contributed by atoms with E-state index in [0.717, 1.165) is 5.56 Å². The Morgan fingerprint density at radius 1 is 1.33 bits per heavy atom. The minimum atomic E-state index is -0.499. The van der Waals surface area contributed by atoms with Gasteiger partial charge in [-0.3, -0.25) is 10.1 Å². The molecule has 0 atom stereocenters. The summed E-state index contributed by atoms with van der Waals surface area (Å²) in [6.07, 6.45) is 3.00. The molecule has 18 heavy (non-hydrogen) atoms. The lowest BCUT2D eigenvalue weighted by atomic mass is 10.2. The molecule has 0 amide bonds. The third kappa shape index (κ3) is 2.80. The predicted molar refractivity (Wildman–Crippen MR) is 67.6 cm³/mol. The Labute approximate surface area is 111 Å². The van der Waals surface area contributed by atoms with E-state index < -0.39 is 4.92 Å². The molecule has 0 spiro atoms. The van der Waals surface area contributed by atoms with Crippen molar-refractivity contribution >= 4 is 21.6 Å². The summed E-state index contributed by atoms with van der Waals surface area (Å²) in [5.74, 6) is 0.118. The largest absolute Gasteiger partial charge is 0.417 e. The molecule has 0 aliphatic heterocycles. The maximum absolute atomic E-state index is 10.9. The van der Waals surface area contributed by atoms with E-state index in [2.05, 4.69) is 25.9 Å². The summed E-state index contributed by atoms with van der Waals surface area (Å²) in [6.45, 7) is 1.77. The Morgan fingerprint density at radius 3 is 2.61 bits per heavy atom. The summed E-state index contributed by atoms with van der Waals surface area (Å²) < 4.78 is 6.00. The highest BCUT2D eigenvalue weighted by Crippen LogP contribution is 2.30. The molecule has 1 aromatic carbocycles. The molecule has 0 aliphatic carbocycles. The monoisotopic (exact) mass is 309 g/mol. The van der Waals surface area contributed by atoms with Gasteiger partial charge in [-0.2, -0.15) is 0 Å². The Hall–Kier alpha value is -2.02. The van der Waals surface area contributed by atoms with Crippen molar-refractivity contribution in [3.05, 3.63) is 50.7 Å². The van der Waals surface area contributed by atoms with Crippen molar-refractivity contribution in [2.24, 2.45) is 0 Å². The Morgan fingerprint density at radius 2 is 2.00 bits per heavy atom. The molecule has 6 nitrogen and oxygen atoms in total. The number of rotatable bonds is 3. The van der Waals surface area contributed by atoms with E-state index in [1.807, 2.05) is 0 Å². The zero-order valence-corrected chi connectivity index (χ0v) is 10.9. The molecular weight excluding hydrogens is 302 g/mol. The highest BCUT2D eigenvalue weighted by atomic mass is 79.9. The number of aryl methyl sites for hydroxylation is 1. The summed E-state index contributed by atoms with van der Waals surface area (Å²) in [6, 6.07) is 4.75. The first kappa shape index (κ1) is 12.4. The smallest absolute Gasteiger partial charge is 0.322 e. The number of nitro groups is 1. The van der Waals surface area contributed by atoms with E-state index in [0.29, 0.717) is 4.47 Å². The van der Waals surface area contributed by atoms with Gasteiger partial charge in [-0.1, -0.05) is 6.07 Å². The molecule has 0 aliphatic rings. The van der Waals surface area contributed by atoms with Crippen LogP contribution < -0.4 is 4.74 Å². The van der Waals surface area contributed by atoms with Gasteiger partial charge in [-0.15, -0.1) is 0 Å². The zero-order chi connectivity index (χ0) is 13.1. The molecule has 0 N–H and O–H groups in total. The van der Waals surface area contributed by atoms with Crippen molar-refractivity contribution in [3.8, 4) is 11.8 Å². The van der Waals surface area contributed by atoms with Crippen molar-refractivity contribution in [2.45, 2.75) is 6.92 Å². The van der Waals surface area contributed by atoms with Crippen LogP contribution in [0.5, 0.6) is 11.8 Å². The number of hydrogen-bond acceptors (Lipinski definition) is 5. The summed E-state index contributed by atoms with van der Waals surface area (Å²) in [4.78, 5) is 18.2. The van der Waals surface area contributed by atoms with Gasteiger partial charge in [0.05, 0.1) is 9.40 Å². The number of nitro benzene ring substituents is 1. The lowest BCUT2D eigenvalue weighted by molar-refractivity contribution is -0.385. The second kappa shape index (κ2) is 5.09. The number of benzene rings is 1. The van der Waals surface area contributed by atoms with E-state index in [1.165, 1.54) is 24.5 Å². The van der Waals surface area contributed by atoms with Gasteiger partial charge < -0.3 is 4.74 Å². The van der Waals surface area contributed by atoms with Gasteiger partial charge in [0.15, 0.2) is 0 Å². The molecule has 7 heteroatoms. The van der Waals surface area contributed by atoms with Gasteiger partial charge in [0.25, 0.3) is 0 Å². The van der Waals surface area contributed by atoms with E-state index >= 15 is 0 Å². The third-order valence-corrected chi connectivity index (χ3v) is 2.52. The number of aromatic nitrogens is 2. The third-order valence-electron chi connectivity index (χ3n) is 2.11. The molecule has 0 bridgehead atoms. The highest BCUT2D eigenvalue weighted by Gasteiger charge is 2.16. The second-order valence-electron chi connectivity index (χ2n) is 3.51. The normalized spacial score (nSPS) is 10.1. The average Bonchev–Trinajstić information content (AvgIpc) is 2.34. The predicted octanol–water partition coefficient (Wildman–Crippen LogP) is 3.25. The standard InChI is InChI=1S/C11H8BrN3O3/c1-7-2-3-10(9(4-7)15(16)17)18-11-13-5-8(12)6-14-11/h2-6H,1H3. The van der Waals surface area contributed by atoms with Crippen LogP contribution in [0.15, 0.2) is 35.1 Å². The quantitative estimate of drug-likeness (QED) is 0.642. The number of hydrogen-bond donors (Lipinski definition) is 0. The average molecular weight is 310 g/mol. The van der Waals surface area contributed by atoms with E-state index in [4.69, 9.17) is 4.74 Å². The Kier molecular flexibility index (Phi) is 3.52. The van der Waals surface area contributed by atoms with Crippen LogP contribution in [0.25, 0.3) is 0 Å². The van der Waals surface area contributed by atoms with Crippen molar-refractivity contribution in [2.75, 3.05) is 0 Å². The molecule has 0 radical (unpaired) electrons. The SMILES string of the molecule is Cc1ccc(Oc2ncc(Br)cn2)c([N+](=O)[O-])c1. The first-order chi connectivity index (χ1) is 8.56. The second-order valence-corrected chi connectivity index (χ2v) is 4.43. The fourth-order valence-corrected chi connectivity index (χ4v) is 1.51. The molecular formula is C11H8BrN3O3. The van der Waals surface area contributed by atoms with Gasteiger partial charge in [-0.25, -0.2) is 9.97 Å². The molecule has 1 aromatic heterocycles. The van der Waals surface area contributed by atoms with Crippen LogP contribution in [-0.2, 0) is 0 Å². The Bertz CT molecular complexity index is 587. The molecule has 1 heterocycles. The summed E-state index contributed by atoms with van der Waals surface area (Å²) in [5.41, 5.74) is 0.673. The molecule has 92 valence electrons. The van der Waals surface area contributed by atoms with Gasteiger partial charge in [0.2, 0.25) is 5.75 Å². The van der Waals surface area contributed by atoms with Crippen LogP contribution in [0.1, 0.15) is 5.56 Å². The van der Waals surface area contributed by atoms with Crippen molar-refractivity contribution < 1.29 is 9.66 Å². The van der Waals surface area contributed by atoms with Crippen molar-refractivity contribution in [3.63, 3.8) is 0 Å². The molecule has 0 saturated heterocycles. The molecule has 0 unspecified atom stereocenters. The van der Waals surface area contributed by atoms with Crippen LogP contribution in [0.3, 0.4) is 0 Å².